The molecule has 1 aromatic rings. The lowest BCUT2D eigenvalue weighted by molar-refractivity contribution is -0.103. The third-order valence-electron chi connectivity index (χ3n) is 1.97. The van der Waals surface area contributed by atoms with Gasteiger partial charge in [-0.25, -0.2) is 4.98 Å². The molecule has 1 rings (SSSR count). The molecule has 0 aromatic carbocycles. The summed E-state index contributed by atoms with van der Waals surface area (Å²) in [5, 5.41) is 0.383. The molecule has 4 nitrogen and oxygen atoms in total. The Morgan fingerprint density at radius 2 is 1.83 bits per heavy atom. The highest BCUT2D eigenvalue weighted by molar-refractivity contribution is 6.30. The Bertz CT molecular complexity index is 402. The first kappa shape index (κ1) is 14.8. The van der Waals surface area contributed by atoms with Crippen molar-refractivity contribution in [3.63, 3.8) is 0 Å². The van der Waals surface area contributed by atoms with E-state index in [-0.39, 0.29) is 6.29 Å². The van der Waals surface area contributed by atoms with Gasteiger partial charge in [0.15, 0.2) is 11.4 Å². The quantitative estimate of drug-likeness (QED) is 0.563. The van der Waals surface area contributed by atoms with Crippen molar-refractivity contribution < 1.29 is 9.47 Å². The van der Waals surface area contributed by atoms with Gasteiger partial charge in [-0.15, -0.1) is 0 Å². The van der Waals surface area contributed by atoms with Crippen molar-refractivity contribution >= 4 is 17.7 Å². The summed E-state index contributed by atoms with van der Waals surface area (Å²) in [6, 6.07) is 0. The van der Waals surface area contributed by atoms with Crippen LogP contribution < -0.4 is 0 Å². The van der Waals surface area contributed by atoms with E-state index >= 15 is 0 Å². The molecular weight excluding hydrogens is 252 g/mol. The fourth-order valence-electron chi connectivity index (χ4n) is 1.23. The fraction of sp³-hybridized carbons (Fsp3) is 0.385. The summed E-state index contributed by atoms with van der Waals surface area (Å²) in [6.07, 6.45) is 10.1. The minimum Gasteiger partial charge on any atom is -0.349 e. The summed E-state index contributed by atoms with van der Waals surface area (Å²) in [6.45, 7) is 5.06. The molecule has 0 atom stereocenters. The molecule has 5 heteroatoms. The van der Waals surface area contributed by atoms with Gasteiger partial charge in [-0.2, -0.15) is 0 Å². The monoisotopic (exact) mass is 268 g/mol. The van der Waals surface area contributed by atoms with Gasteiger partial charge in [-0.1, -0.05) is 23.8 Å². The minimum atomic E-state index is -0.318. The molecular formula is C13H17ClN2O2. The highest BCUT2D eigenvalue weighted by atomic mass is 35.5. The van der Waals surface area contributed by atoms with Crippen molar-refractivity contribution in [2.24, 2.45) is 0 Å². The van der Waals surface area contributed by atoms with Crippen LogP contribution in [-0.2, 0) is 9.47 Å². The summed E-state index contributed by atoms with van der Waals surface area (Å²) >= 11 is 5.87. The minimum absolute atomic E-state index is 0.318. The number of rotatable bonds is 7. The number of hydrogen-bond donors (Lipinski definition) is 0. The summed E-state index contributed by atoms with van der Waals surface area (Å²) in [5.74, 6) is 0. The van der Waals surface area contributed by atoms with Crippen LogP contribution in [0.3, 0.4) is 0 Å². The van der Waals surface area contributed by atoms with Crippen LogP contribution in [0, 0.1) is 0 Å². The average molecular weight is 269 g/mol. The molecule has 0 amide bonds. The highest BCUT2D eigenvalue weighted by Crippen LogP contribution is 2.10. The number of nitrogens with zero attached hydrogens (tertiary/aromatic N) is 2. The Kier molecular flexibility index (Phi) is 7.25. The summed E-state index contributed by atoms with van der Waals surface area (Å²) in [4.78, 5) is 8.02. The number of aromatic nitrogens is 2. The molecule has 98 valence electrons. The maximum atomic E-state index is 5.87. The molecule has 0 radical (unpaired) electrons. The smallest absolute Gasteiger partial charge is 0.177 e. The second-order valence-electron chi connectivity index (χ2n) is 3.26. The molecule has 1 aromatic heterocycles. The van der Waals surface area contributed by atoms with E-state index in [0.29, 0.717) is 24.1 Å². The van der Waals surface area contributed by atoms with Gasteiger partial charge in [0.25, 0.3) is 0 Å². The van der Waals surface area contributed by atoms with E-state index in [1.54, 1.807) is 18.5 Å². The molecule has 0 aliphatic heterocycles. The van der Waals surface area contributed by atoms with Crippen LogP contribution >= 0.6 is 11.6 Å². The first-order chi connectivity index (χ1) is 8.77. The van der Waals surface area contributed by atoms with Crippen molar-refractivity contribution in [2.45, 2.75) is 20.1 Å². The van der Waals surface area contributed by atoms with Crippen molar-refractivity contribution in [3.8, 4) is 0 Å². The average Bonchev–Trinajstić information content (AvgIpc) is 2.37. The van der Waals surface area contributed by atoms with Crippen LogP contribution in [0.4, 0.5) is 0 Å². The highest BCUT2D eigenvalue weighted by Gasteiger charge is 2.00. The molecule has 0 saturated heterocycles. The third-order valence-corrected chi connectivity index (χ3v) is 2.27. The lowest BCUT2D eigenvalue weighted by Gasteiger charge is -2.11. The lowest BCUT2D eigenvalue weighted by atomic mass is 10.3. The molecule has 0 fully saturated rings. The van der Waals surface area contributed by atoms with Crippen LogP contribution in [0.15, 0.2) is 30.6 Å². The van der Waals surface area contributed by atoms with Crippen molar-refractivity contribution in [1.29, 1.82) is 0 Å². The molecule has 0 bridgehead atoms. The van der Waals surface area contributed by atoms with Crippen LogP contribution in [0.2, 0.25) is 5.15 Å². The van der Waals surface area contributed by atoms with Gasteiger partial charge in [0.1, 0.15) is 5.69 Å². The lowest BCUT2D eigenvalue weighted by Crippen LogP contribution is -2.13. The topological polar surface area (TPSA) is 44.2 Å². The Labute approximate surface area is 112 Å². The van der Waals surface area contributed by atoms with Crippen LogP contribution in [0.5, 0.6) is 0 Å². The van der Waals surface area contributed by atoms with E-state index in [1.165, 1.54) is 0 Å². The molecule has 0 unspecified atom stereocenters. The van der Waals surface area contributed by atoms with Gasteiger partial charge in [0, 0.05) is 25.6 Å². The standard InChI is InChI=1S/C13H17ClN2O2/c1-3-17-12(18-4-2)8-6-5-7-11-13(14)16-10-9-15-11/h5-10,12H,3-4H2,1-2H3/b7-5+,8-6+. The second kappa shape index (κ2) is 8.80. The zero-order valence-electron chi connectivity index (χ0n) is 10.5. The van der Waals surface area contributed by atoms with Crippen molar-refractivity contribution in [1.82, 2.24) is 9.97 Å². The summed E-state index contributed by atoms with van der Waals surface area (Å²) < 4.78 is 10.7. The van der Waals surface area contributed by atoms with Gasteiger partial charge in [0.2, 0.25) is 0 Å². The Hall–Kier alpha value is -1.23. The molecule has 18 heavy (non-hydrogen) atoms. The molecule has 0 spiro atoms. The zero-order valence-corrected chi connectivity index (χ0v) is 11.3. The zero-order chi connectivity index (χ0) is 13.2. The van der Waals surface area contributed by atoms with E-state index < -0.39 is 0 Å². The fourth-order valence-corrected chi connectivity index (χ4v) is 1.40. The van der Waals surface area contributed by atoms with Crippen LogP contribution in [0.1, 0.15) is 19.5 Å². The maximum Gasteiger partial charge on any atom is 0.177 e. The Morgan fingerprint density at radius 1 is 1.17 bits per heavy atom. The molecule has 0 aliphatic carbocycles. The van der Waals surface area contributed by atoms with Gasteiger partial charge < -0.3 is 9.47 Å². The van der Waals surface area contributed by atoms with Gasteiger partial charge in [-0.3, -0.25) is 4.98 Å². The molecule has 0 N–H and O–H groups in total. The van der Waals surface area contributed by atoms with Crippen LogP contribution in [0.25, 0.3) is 6.08 Å². The van der Waals surface area contributed by atoms with E-state index in [0.717, 1.165) is 0 Å². The number of hydrogen-bond acceptors (Lipinski definition) is 4. The molecule has 1 heterocycles. The van der Waals surface area contributed by atoms with E-state index in [2.05, 4.69) is 9.97 Å². The molecule has 0 saturated carbocycles. The third kappa shape index (κ3) is 5.40. The van der Waals surface area contributed by atoms with Crippen molar-refractivity contribution in [2.75, 3.05) is 13.2 Å². The normalized spacial score (nSPS) is 12.0. The molecule has 0 aliphatic rings. The summed E-state index contributed by atoms with van der Waals surface area (Å²) in [7, 11) is 0. The summed E-state index contributed by atoms with van der Waals surface area (Å²) in [5.41, 5.74) is 0.633. The largest absolute Gasteiger partial charge is 0.349 e. The van der Waals surface area contributed by atoms with E-state index in [4.69, 9.17) is 21.1 Å². The van der Waals surface area contributed by atoms with E-state index in [1.807, 2.05) is 32.1 Å². The first-order valence-electron chi connectivity index (χ1n) is 5.82. The van der Waals surface area contributed by atoms with Crippen LogP contribution in [-0.4, -0.2) is 29.5 Å². The maximum absolute atomic E-state index is 5.87. The first-order valence-corrected chi connectivity index (χ1v) is 6.20. The Balaban J connectivity index is 2.55. The van der Waals surface area contributed by atoms with Gasteiger partial charge in [0.05, 0.1) is 0 Å². The predicted molar refractivity (Wildman–Crippen MR) is 72.3 cm³/mol. The second-order valence-corrected chi connectivity index (χ2v) is 3.61. The van der Waals surface area contributed by atoms with Gasteiger partial charge in [-0.05, 0) is 26.0 Å². The SMILES string of the molecule is CCOC(/C=C/C=C/c1nccnc1Cl)OCC. The Morgan fingerprint density at radius 3 is 2.44 bits per heavy atom. The van der Waals surface area contributed by atoms with Crippen molar-refractivity contribution in [3.05, 3.63) is 41.5 Å². The van der Waals surface area contributed by atoms with Gasteiger partial charge >= 0.3 is 0 Å². The number of halogens is 1. The number of allylic oxidation sites excluding steroid dienone is 2. The van der Waals surface area contributed by atoms with E-state index in [9.17, 15) is 0 Å². The number of ether oxygens (including phenoxy) is 2. The predicted octanol–water partition coefficient (Wildman–Crippen LogP) is 3.10.